The van der Waals surface area contributed by atoms with Crippen LogP contribution in [0.2, 0.25) is 0 Å². The maximum absolute atomic E-state index is 15.3. The van der Waals surface area contributed by atoms with Gasteiger partial charge < -0.3 is 71.1 Å². The second-order valence-electron chi connectivity index (χ2n) is 27.8. The number of amides is 11. The van der Waals surface area contributed by atoms with Crippen LogP contribution >= 0.6 is 0 Å². The zero-order valence-electron chi connectivity index (χ0n) is 60.2. The predicted octanol–water partition coefficient (Wildman–Crippen LogP) is 3.31. The second kappa shape index (κ2) is 38.0. The number of carbonyl (C=O) groups excluding carboxylic acids is 11. The molecule has 0 saturated carbocycles. The van der Waals surface area contributed by atoms with E-state index in [1.165, 1.54) is 93.8 Å². The van der Waals surface area contributed by atoms with Gasteiger partial charge >= 0.3 is 0 Å². The van der Waals surface area contributed by atoms with Crippen molar-refractivity contribution in [3.63, 3.8) is 0 Å². The second-order valence-corrected chi connectivity index (χ2v) is 27.8. The van der Waals surface area contributed by atoms with Crippen molar-refractivity contribution < 1.29 is 62.6 Å². The number of rotatable bonds is 20. The van der Waals surface area contributed by atoms with Crippen LogP contribution in [0.1, 0.15) is 163 Å². The first kappa shape index (κ1) is 83.5. The Labute approximate surface area is 550 Å². The molecule has 0 bridgehead atoms. The molecule has 526 valence electrons. The van der Waals surface area contributed by atoms with Gasteiger partial charge in [0.05, 0.1) is 18.3 Å². The number of nitrogens with two attached hydrogens (primary N) is 1. The van der Waals surface area contributed by atoms with Crippen LogP contribution in [0, 0.1) is 35.5 Å². The lowest BCUT2D eigenvalue weighted by atomic mass is 9.91. The summed E-state index contributed by atoms with van der Waals surface area (Å²) in [5.41, 5.74) is 5.06. The van der Waals surface area contributed by atoms with E-state index in [4.69, 9.17) is 10.5 Å². The highest BCUT2D eigenvalue weighted by Gasteiger charge is 2.47. The van der Waals surface area contributed by atoms with E-state index >= 15 is 28.8 Å². The van der Waals surface area contributed by atoms with Crippen molar-refractivity contribution in [3.8, 4) is 0 Å². The number of ether oxygens (including phenoxy) is 1. The van der Waals surface area contributed by atoms with Crippen LogP contribution < -0.4 is 27.0 Å². The number of carbonyl (C=O) groups is 11. The topological polar surface area (TPSA) is 314 Å². The minimum atomic E-state index is -1.66. The van der Waals surface area contributed by atoms with Crippen LogP contribution in [0.3, 0.4) is 0 Å². The van der Waals surface area contributed by atoms with Crippen molar-refractivity contribution in [1.82, 2.24) is 55.6 Å². The maximum atomic E-state index is 15.3. The molecule has 0 aromatic rings. The van der Waals surface area contributed by atoms with E-state index in [-0.39, 0.29) is 75.9 Å². The SMILES string of the molecule is C=CCOC(C)(C)C[C@H]1C(=O)N[C@@H](C(C)C)C(=O)N(C)[C@@H](CC(C)C)C(=O)N[C@@H](C)C(=O)N[C@H](C)C(=O)N(C)[C@@H](CC(C)C)C(=O)N(C)[C@@H](CC(C)C)C(=O)N(C)[C@@H](C(C)C)C(=O)N(C)[C@@H]([C@H](O)[C@H](C)CC=CC)C(=O)N[C@@H](CC)C(=O)N(C)C(CCN)C(=O)N1C. The smallest absolute Gasteiger partial charge is 0.246 e. The molecule has 1 fully saturated rings. The maximum Gasteiger partial charge on any atom is 0.246 e. The normalized spacial score (nSPS) is 26.7. The van der Waals surface area contributed by atoms with Crippen molar-refractivity contribution >= 4 is 65.0 Å². The standard InChI is InChI=1S/C67H120N12O13/c1-26-29-30-43(14)55(80)54-59(84)71-46(28-3)61(86)73(19)47(31-32-68)62(87)77(23)51(37-67(17,18)92-33-27-2)58(83)72-52(41(10)11)65(90)74(20)48(34-38(4)5)57(82)69-44(15)56(81)70-45(16)60(85)75(21)49(35-39(6)7)63(88)76(22)50(36-40(8)9)64(89)78(24)53(42(12)13)66(91)79(54)25/h26-27,29,38-55,80H,2,28,30-37,68H2,1,3-25H3,(H,69,82)(H,70,81)(H,71,84)(H,72,83)/t43-,44+,45-,46+,47?,48+,49+,50+,51+,52+,53+,54+,55-/m1/s1. The zero-order valence-corrected chi connectivity index (χ0v) is 60.2. The fourth-order valence-electron chi connectivity index (χ4n) is 11.6. The van der Waals surface area contributed by atoms with E-state index in [1.807, 2.05) is 41.5 Å². The average Bonchev–Trinajstić information content (AvgIpc) is 0.818. The van der Waals surface area contributed by atoms with Crippen LogP contribution in [0.25, 0.3) is 0 Å². The van der Waals surface area contributed by atoms with Gasteiger partial charge in [0, 0.05) is 55.8 Å². The number of hydrogen-bond acceptors (Lipinski definition) is 14. The quantitative estimate of drug-likeness (QED) is 0.0954. The van der Waals surface area contributed by atoms with Gasteiger partial charge in [-0.05, 0) is 115 Å². The van der Waals surface area contributed by atoms with Gasteiger partial charge in [0.2, 0.25) is 65.0 Å². The molecule has 11 amide bonds. The lowest BCUT2D eigenvalue weighted by Gasteiger charge is -2.41. The van der Waals surface area contributed by atoms with Gasteiger partial charge in [-0.2, -0.15) is 0 Å². The van der Waals surface area contributed by atoms with E-state index in [9.17, 15) is 29.1 Å². The Balaban J connectivity index is 4.54. The molecule has 7 N–H and O–H groups in total. The van der Waals surface area contributed by atoms with Crippen molar-refractivity contribution in [2.45, 2.75) is 241 Å². The van der Waals surface area contributed by atoms with Crippen LogP contribution in [-0.4, -0.2) is 245 Å². The number of nitrogens with zero attached hydrogens (tertiary/aromatic N) is 7. The molecule has 0 aromatic heterocycles. The Morgan fingerprint density at radius 3 is 1.43 bits per heavy atom. The highest BCUT2D eigenvalue weighted by atomic mass is 16.5. The van der Waals surface area contributed by atoms with Gasteiger partial charge in [-0.25, -0.2) is 0 Å². The highest BCUT2D eigenvalue weighted by molar-refractivity contribution is 6.00. The van der Waals surface area contributed by atoms with Crippen LogP contribution in [0.15, 0.2) is 24.8 Å². The third-order valence-electron chi connectivity index (χ3n) is 17.4. The summed E-state index contributed by atoms with van der Waals surface area (Å²) in [7, 11) is 9.83. The third-order valence-corrected chi connectivity index (χ3v) is 17.4. The van der Waals surface area contributed by atoms with Crippen molar-refractivity contribution in [3.05, 3.63) is 24.8 Å². The highest BCUT2D eigenvalue weighted by Crippen LogP contribution is 2.27. The number of hydrogen-bond donors (Lipinski definition) is 6. The molecule has 1 aliphatic rings. The Morgan fingerprint density at radius 2 is 0.967 bits per heavy atom. The summed E-state index contributed by atoms with van der Waals surface area (Å²) in [6.45, 7) is 33.1. The summed E-state index contributed by atoms with van der Waals surface area (Å²) in [6, 6.07) is -14.3. The lowest BCUT2D eigenvalue weighted by Crippen LogP contribution is -2.64. The van der Waals surface area contributed by atoms with Crippen molar-refractivity contribution in [1.29, 1.82) is 0 Å². The van der Waals surface area contributed by atoms with E-state index in [2.05, 4.69) is 27.8 Å². The van der Waals surface area contributed by atoms with E-state index in [0.717, 1.165) is 9.80 Å². The molecular weight excluding hydrogens is 1180 g/mol. The molecule has 25 nitrogen and oxygen atoms in total. The molecule has 1 rings (SSSR count). The Bertz CT molecular complexity index is 2540. The molecule has 0 aromatic carbocycles. The minimum Gasteiger partial charge on any atom is -0.390 e. The molecule has 1 unspecified atom stereocenters. The first-order valence-corrected chi connectivity index (χ1v) is 32.9. The average molecular weight is 1300 g/mol. The van der Waals surface area contributed by atoms with Gasteiger partial charge in [0.15, 0.2) is 0 Å². The fourth-order valence-corrected chi connectivity index (χ4v) is 11.6. The summed E-state index contributed by atoms with van der Waals surface area (Å²) in [5.74, 6) is -10.3. The summed E-state index contributed by atoms with van der Waals surface area (Å²) in [5, 5.41) is 23.3. The van der Waals surface area contributed by atoms with Gasteiger partial charge in [-0.15, -0.1) is 6.58 Å². The fraction of sp³-hybridized carbons (Fsp3) is 0.776. The molecule has 0 aliphatic carbocycles. The molecule has 92 heavy (non-hydrogen) atoms. The molecule has 1 heterocycles. The van der Waals surface area contributed by atoms with E-state index in [1.54, 1.807) is 74.5 Å². The number of likely N-dealkylation sites (N-methyl/N-ethyl adjacent to an activating group) is 7. The van der Waals surface area contributed by atoms with Crippen LogP contribution in [0.5, 0.6) is 0 Å². The third kappa shape index (κ3) is 23.2. The van der Waals surface area contributed by atoms with Crippen LogP contribution in [-0.2, 0) is 57.5 Å². The minimum absolute atomic E-state index is 0.0358. The zero-order chi connectivity index (χ0) is 71.3. The number of aliphatic hydroxyl groups excluding tert-OH is 1. The molecule has 13 atom stereocenters. The summed E-state index contributed by atoms with van der Waals surface area (Å²) in [6.07, 6.45) is 3.95. The molecule has 25 heteroatoms. The van der Waals surface area contributed by atoms with Crippen LogP contribution in [0.4, 0.5) is 0 Å². The molecule has 0 radical (unpaired) electrons. The van der Waals surface area contributed by atoms with Crippen molar-refractivity contribution in [2.24, 2.45) is 41.2 Å². The molecular formula is C67H120N12O13. The summed E-state index contributed by atoms with van der Waals surface area (Å²) in [4.78, 5) is 172. The summed E-state index contributed by atoms with van der Waals surface area (Å²) < 4.78 is 6.09. The first-order chi connectivity index (χ1) is 42.5. The van der Waals surface area contributed by atoms with E-state index in [0.29, 0.717) is 0 Å². The number of aliphatic hydroxyl groups is 1. The van der Waals surface area contributed by atoms with Crippen molar-refractivity contribution in [2.75, 3.05) is 62.5 Å². The van der Waals surface area contributed by atoms with Gasteiger partial charge in [-0.1, -0.05) is 101 Å². The Morgan fingerprint density at radius 1 is 0.533 bits per heavy atom. The van der Waals surface area contributed by atoms with Gasteiger partial charge in [0.1, 0.15) is 66.5 Å². The molecule has 1 saturated heterocycles. The first-order valence-electron chi connectivity index (χ1n) is 32.9. The number of nitrogens with one attached hydrogen (secondary N) is 4. The number of allylic oxidation sites excluding steroid dienone is 2. The Hall–Kier alpha value is -6.47. The monoisotopic (exact) mass is 1300 g/mol. The van der Waals surface area contributed by atoms with Gasteiger partial charge in [-0.3, -0.25) is 52.7 Å². The van der Waals surface area contributed by atoms with E-state index < -0.39 is 161 Å². The summed E-state index contributed by atoms with van der Waals surface area (Å²) >= 11 is 0. The largest absolute Gasteiger partial charge is 0.390 e. The molecule has 1 aliphatic heterocycles. The lowest BCUT2D eigenvalue weighted by molar-refractivity contribution is -0.157. The van der Waals surface area contributed by atoms with Gasteiger partial charge in [0.25, 0.3) is 0 Å². The molecule has 0 spiro atoms. The predicted molar refractivity (Wildman–Crippen MR) is 356 cm³/mol. The Kier molecular flexibility index (Phi) is 34.5.